The highest BCUT2D eigenvalue weighted by atomic mass is 35.5. The number of aldehydes is 1. The fourth-order valence-electron chi connectivity index (χ4n) is 5.18. The summed E-state index contributed by atoms with van der Waals surface area (Å²) in [5.41, 5.74) is 1.90. The molecule has 9 N–H and O–H groups in total. The lowest BCUT2D eigenvalue weighted by Crippen LogP contribution is -2.62. The predicted molar refractivity (Wildman–Crippen MR) is 172 cm³/mol. The Morgan fingerprint density at radius 2 is 1.36 bits per heavy atom. The van der Waals surface area contributed by atoms with E-state index in [2.05, 4.69) is 16.8 Å². The number of likely N-dealkylation sites (tertiary alicyclic amines) is 1. The number of nitrogens with one attached hydrogen (secondary N) is 1. The van der Waals surface area contributed by atoms with Gasteiger partial charge in [0.2, 0.25) is 0 Å². The molecule has 2 fully saturated rings. The zero-order valence-corrected chi connectivity index (χ0v) is 26.1. The van der Waals surface area contributed by atoms with E-state index >= 15 is 0 Å². The Bertz CT molecular complexity index is 1450. The lowest BCUT2D eigenvalue weighted by molar-refractivity contribution is -0.147. The standard InChI is InChI=1S/C15H19NO4S.C9H6OS.C6H13NO4.ClH/c17-7-11-14(19)15(20)12(18)6-16(11)5-9-8-21-13-4-2-1-3-10(9)13;10-5-7-6-11-9-4-2-1-3-8(7)9;8-2-3-5(10)6(11)4(9)1-7-3;/h1-4,8,11-12,14-15,17-20H,5-7H2;1-6H;3-11H,1-2H2;1H/t11-,12+,14-,15-;;3-,4+,5-,6-;/m1.1./s1. The predicted octanol–water partition coefficient (Wildman–Crippen LogP) is 0.329. The summed E-state index contributed by atoms with van der Waals surface area (Å²) in [7, 11) is 0. The van der Waals surface area contributed by atoms with E-state index < -0.39 is 48.7 Å². The van der Waals surface area contributed by atoms with Gasteiger partial charge in [-0.2, -0.15) is 0 Å². The van der Waals surface area contributed by atoms with Gasteiger partial charge in [-0.25, -0.2) is 0 Å². The Kier molecular flexibility index (Phi) is 14.1. The summed E-state index contributed by atoms with van der Waals surface area (Å²) in [4.78, 5) is 12.3. The first-order chi connectivity index (χ1) is 20.7. The summed E-state index contributed by atoms with van der Waals surface area (Å²) in [5, 5.41) is 83.8. The Morgan fingerprint density at radius 3 is 2.00 bits per heavy atom. The van der Waals surface area contributed by atoms with Gasteiger partial charge < -0.3 is 46.2 Å². The van der Waals surface area contributed by atoms with E-state index in [1.807, 2.05) is 52.7 Å². The summed E-state index contributed by atoms with van der Waals surface area (Å²) in [6, 6.07) is 14.9. The third kappa shape index (κ3) is 8.39. The van der Waals surface area contributed by atoms with E-state index in [1.54, 1.807) is 22.7 Å². The third-order valence-electron chi connectivity index (χ3n) is 7.73. The van der Waals surface area contributed by atoms with E-state index in [4.69, 9.17) is 15.3 Å². The molecule has 0 unspecified atom stereocenters. The summed E-state index contributed by atoms with van der Waals surface area (Å²) in [5.74, 6) is 0. The van der Waals surface area contributed by atoms with Gasteiger partial charge in [-0.05, 0) is 28.5 Å². The highest BCUT2D eigenvalue weighted by Gasteiger charge is 2.41. The average molecular weight is 671 g/mol. The largest absolute Gasteiger partial charge is 0.395 e. The van der Waals surface area contributed by atoms with E-state index in [1.165, 1.54) is 9.40 Å². The van der Waals surface area contributed by atoms with Crippen molar-refractivity contribution in [3.8, 4) is 0 Å². The molecule has 14 heteroatoms. The van der Waals surface area contributed by atoms with Crippen molar-refractivity contribution >= 4 is 61.5 Å². The van der Waals surface area contributed by atoms with Gasteiger partial charge in [-0.15, -0.1) is 35.1 Å². The van der Waals surface area contributed by atoms with Crippen LogP contribution in [0.15, 0.2) is 59.3 Å². The van der Waals surface area contributed by atoms with Crippen molar-refractivity contribution in [3.05, 3.63) is 70.4 Å². The lowest BCUT2D eigenvalue weighted by atomic mass is 9.93. The number of thiophene rings is 2. The van der Waals surface area contributed by atoms with E-state index in [0.29, 0.717) is 6.54 Å². The van der Waals surface area contributed by atoms with Gasteiger partial charge in [0.25, 0.3) is 0 Å². The van der Waals surface area contributed by atoms with Crippen molar-refractivity contribution in [1.29, 1.82) is 0 Å². The van der Waals surface area contributed by atoms with Crippen molar-refractivity contribution < 1.29 is 45.6 Å². The molecule has 0 spiro atoms. The maximum atomic E-state index is 10.5. The SMILES string of the molecule is Cl.O=Cc1csc2ccccc12.OC[C@@H]1[C@@H](O)[C@H](O)[C@@H](O)CN1Cc1csc2ccccc12.OC[C@H]1NC[C@H](O)[C@@H](O)[C@@H]1O. The van der Waals surface area contributed by atoms with Gasteiger partial charge in [0.15, 0.2) is 6.29 Å². The molecule has 0 radical (unpaired) electrons. The molecule has 44 heavy (non-hydrogen) atoms. The van der Waals surface area contributed by atoms with Gasteiger partial charge in [-0.1, -0.05) is 36.4 Å². The Morgan fingerprint density at radius 1 is 0.773 bits per heavy atom. The molecule has 0 bridgehead atoms. The number of carbonyl (C=O) groups excluding carboxylic acids is 1. The van der Waals surface area contributed by atoms with Crippen molar-refractivity contribution in [3.63, 3.8) is 0 Å². The molecule has 2 aliphatic rings. The Labute approximate surface area is 268 Å². The minimum atomic E-state index is -1.21. The quantitative estimate of drug-likeness (QED) is 0.133. The second kappa shape index (κ2) is 17.0. The van der Waals surface area contributed by atoms with Gasteiger partial charge in [0, 0.05) is 45.4 Å². The molecule has 0 aliphatic carbocycles. The molecule has 4 aromatic rings. The number of hydrogen-bond donors (Lipinski definition) is 9. The van der Waals surface area contributed by atoms with Crippen LogP contribution >= 0.6 is 35.1 Å². The molecular formula is C30H39ClN2O9S2. The van der Waals surface area contributed by atoms with Gasteiger partial charge in [0.05, 0.1) is 43.6 Å². The molecule has 4 heterocycles. The number of fused-ring (bicyclic) bond motifs is 2. The minimum absolute atomic E-state index is 0. The number of piperidine rings is 2. The monoisotopic (exact) mass is 670 g/mol. The average Bonchev–Trinajstić information content (AvgIpc) is 3.64. The van der Waals surface area contributed by atoms with Gasteiger partial charge in [0.1, 0.15) is 18.3 Å². The number of nitrogens with zero attached hydrogens (tertiary/aromatic N) is 1. The molecule has 2 saturated heterocycles. The molecule has 242 valence electrons. The molecule has 2 aromatic heterocycles. The minimum Gasteiger partial charge on any atom is -0.395 e. The van der Waals surface area contributed by atoms with Crippen LogP contribution in [0.25, 0.3) is 20.2 Å². The van der Waals surface area contributed by atoms with Gasteiger partial charge in [-0.3, -0.25) is 9.69 Å². The number of rotatable bonds is 5. The molecule has 2 aromatic carbocycles. The van der Waals surface area contributed by atoms with Crippen LogP contribution in [-0.2, 0) is 6.54 Å². The van der Waals surface area contributed by atoms with Crippen molar-refractivity contribution in [2.75, 3.05) is 26.3 Å². The number of aliphatic hydroxyl groups is 8. The molecule has 8 atom stereocenters. The number of hydrogen-bond acceptors (Lipinski definition) is 13. The Balaban J connectivity index is 0.000000195. The number of β-amino-alcohol motifs (C(OH)–C–C–N with tert-alkyl or cyclic N) is 2. The van der Waals surface area contributed by atoms with E-state index in [9.17, 15) is 30.3 Å². The first kappa shape index (κ1) is 36.4. The summed E-state index contributed by atoms with van der Waals surface area (Å²) < 4.78 is 2.36. The zero-order chi connectivity index (χ0) is 31.1. The van der Waals surface area contributed by atoms with Crippen LogP contribution in [0.5, 0.6) is 0 Å². The third-order valence-corrected chi connectivity index (χ3v) is 9.72. The van der Waals surface area contributed by atoms with Crippen LogP contribution in [0.1, 0.15) is 15.9 Å². The number of aliphatic hydroxyl groups excluding tert-OH is 8. The Hall–Kier alpha value is -2.08. The fourth-order valence-corrected chi connectivity index (χ4v) is 7.04. The molecule has 0 amide bonds. The number of carbonyl (C=O) groups is 1. The molecule has 0 saturated carbocycles. The first-order valence-electron chi connectivity index (χ1n) is 13.8. The van der Waals surface area contributed by atoms with Crippen LogP contribution in [0.4, 0.5) is 0 Å². The van der Waals surface area contributed by atoms with Crippen LogP contribution in [0.3, 0.4) is 0 Å². The summed E-state index contributed by atoms with van der Waals surface area (Å²) in [6.45, 7) is 0.450. The normalized spacial score (nSPS) is 28.7. The van der Waals surface area contributed by atoms with Crippen LogP contribution < -0.4 is 5.32 Å². The first-order valence-corrected chi connectivity index (χ1v) is 15.6. The van der Waals surface area contributed by atoms with E-state index in [0.717, 1.165) is 28.2 Å². The molecule has 6 rings (SSSR count). The molecule has 2 aliphatic heterocycles. The topological polar surface area (TPSA) is 194 Å². The smallest absolute Gasteiger partial charge is 0.151 e. The van der Waals surface area contributed by atoms with Crippen LogP contribution in [-0.4, -0.2) is 127 Å². The van der Waals surface area contributed by atoms with Crippen molar-refractivity contribution in [1.82, 2.24) is 10.2 Å². The number of halogens is 1. The van der Waals surface area contributed by atoms with Crippen LogP contribution in [0, 0.1) is 0 Å². The fraction of sp³-hybridized carbons (Fsp3) is 0.433. The zero-order valence-electron chi connectivity index (χ0n) is 23.7. The highest BCUT2D eigenvalue weighted by molar-refractivity contribution is 7.17. The van der Waals surface area contributed by atoms with Crippen molar-refractivity contribution in [2.45, 2.75) is 55.3 Å². The maximum absolute atomic E-state index is 10.5. The van der Waals surface area contributed by atoms with E-state index in [-0.39, 0.29) is 38.7 Å². The maximum Gasteiger partial charge on any atom is 0.151 e. The second-order valence-corrected chi connectivity index (χ2v) is 12.4. The van der Waals surface area contributed by atoms with Crippen molar-refractivity contribution in [2.24, 2.45) is 0 Å². The van der Waals surface area contributed by atoms with Gasteiger partial charge >= 0.3 is 0 Å². The summed E-state index contributed by atoms with van der Waals surface area (Å²) >= 11 is 3.26. The molecule has 11 nitrogen and oxygen atoms in total. The van der Waals surface area contributed by atoms with Crippen LogP contribution in [0.2, 0.25) is 0 Å². The number of benzene rings is 2. The highest BCUT2D eigenvalue weighted by Crippen LogP contribution is 2.29. The summed E-state index contributed by atoms with van der Waals surface area (Å²) in [6.07, 6.45) is -5.67. The lowest BCUT2D eigenvalue weighted by Gasteiger charge is -2.43. The second-order valence-electron chi connectivity index (χ2n) is 10.5. The molecular weight excluding hydrogens is 632 g/mol.